The summed E-state index contributed by atoms with van der Waals surface area (Å²) in [6.45, 7) is 5.02. The van der Waals surface area contributed by atoms with Crippen LogP contribution in [0.3, 0.4) is 0 Å². The fraction of sp³-hybridized carbons (Fsp3) is 0.412. The van der Waals surface area contributed by atoms with Gasteiger partial charge in [0.1, 0.15) is 5.82 Å². The zero-order valence-corrected chi connectivity index (χ0v) is 12.7. The predicted molar refractivity (Wildman–Crippen MR) is 83.8 cm³/mol. The molecule has 1 aliphatic rings. The highest BCUT2D eigenvalue weighted by molar-refractivity contribution is 5.79. The minimum atomic E-state index is -0.244. The Morgan fingerprint density at radius 3 is 3.09 bits per heavy atom. The van der Waals surface area contributed by atoms with Crippen LogP contribution in [0.5, 0.6) is 0 Å². The number of benzene rings is 1. The highest BCUT2D eigenvalue weighted by Gasteiger charge is 2.27. The number of likely N-dealkylation sites (tertiary alicyclic amines) is 1. The maximum absolute atomic E-state index is 13.2. The van der Waals surface area contributed by atoms with Gasteiger partial charge in [0.25, 0.3) is 0 Å². The van der Waals surface area contributed by atoms with Gasteiger partial charge in [-0.25, -0.2) is 4.39 Å². The van der Waals surface area contributed by atoms with Crippen LogP contribution in [-0.2, 0) is 11.3 Å². The summed E-state index contributed by atoms with van der Waals surface area (Å²) in [5.41, 5.74) is 1.76. The Balaban J connectivity index is 1.66. The van der Waals surface area contributed by atoms with Crippen molar-refractivity contribution in [1.29, 1.82) is 0 Å². The molecule has 0 spiro atoms. The molecule has 2 heterocycles. The smallest absolute Gasteiger partial charge is 0.224 e. The van der Waals surface area contributed by atoms with Crippen LogP contribution in [0.2, 0.25) is 0 Å². The number of carbonyl (C=O) groups is 1. The Labute approximate surface area is 129 Å². The van der Waals surface area contributed by atoms with Crippen molar-refractivity contribution in [3.8, 4) is 0 Å². The van der Waals surface area contributed by atoms with Crippen molar-refractivity contribution in [3.63, 3.8) is 0 Å². The quantitative estimate of drug-likeness (QED) is 0.943. The van der Waals surface area contributed by atoms with Gasteiger partial charge < -0.3 is 5.32 Å². The average molecular weight is 301 g/mol. The van der Waals surface area contributed by atoms with Crippen LogP contribution < -0.4 is 5.32 Å². The van der Waals surface area contributed by atoms with Gasteiger partial charge in [0.05, 0.1) is 17.1 Å². The Bertz CT molecular complexity index is 689. The second-order valence-electron chi connectivity index (χ2n) is 5.75. The standard InChI is InChI=1S/C17H20FN3O/c1-2-19-17(22)13-7-8-21(10-13)11-15-5-3-12-9-14(18)4-6-16(12)20-15/h3-6,9,13H,2,7-8,10-11H2,1H3,(H,19,22)/t13-/m0/s1. The Morgan fingerprint density at radius 2 is 2.27 bits per heavy atom. The number of carbonyl (C=O) groups excluding carboxylic acids is 1. The van der Waals surface area contributed by atoms with Crippen molar-refractivity contribution in [2.24, 2.45) is 5.92 Å². The molecule has 0 aliphatic carbocycles. The SMILES string of the molecule is CCNC(=O)[C@H]1CCN(Cc2ccc3cc(F)ccc3n2)C1. The highest BCUT2D eigenvalue weighted by Crippen LogP contribution is 2.20. The lowest BCUT2D eigenvalue weighted by atomic mass is 10.1. The molecule has 1 N–H and O–H groups in total. The summed E-state index contributed by atoms with van der Waals surface area (Å²) in [6, 6.07) is 8.46. The van der Waals surface area contributed by atoms with Gasteiger partial charge in [0.2, 0.25) is 5.91 Å². The number of nitrogens with zero attached hydrogens (tertiary/aromatic N) is 2. The number of fused-ring (bicyclic) bond motifs is 1. The summed E-state index contributed by atoms with van der Waals surface area (Å²) in [5, 5.41) is 3.70. The molecular weight excluding hydrogens is 281 g/mol. The summed E-state index contributed by atoms with van der Waals surface area (Å²) in [7, 11) is 0. The van der Waals surface area contributed by atoms with Crippen molar-refractivity contribution in [2.75, 3.05) is 19.6 Å². The van der Waals surface area contributed by atoms with Crippen molar-refractivity contribution < 1.29 is 9.18 Å². The topological polar surface area (TPSA) is 45.2 Å². The van der Waals surface area contributed by atoms with E-state index in [1.165, 1.54) is 12.1 Å². The van der Waals surface area contributed by atoms with Gasteiger partial charge in [-0.15, -0.1) is 0 Å². The molecule has 5 heteroatoms. The second kappa shape index (κ2) is 6.40. The van der Waals surface area contributed by atoms with Crippen LogP contribution in [0.4, 0.5) is 4.39 Å². The Morgan fingerprint density at radius 1 is 1.41 bits per heavy atom. The van der Waals surface area contributed by atoms with E-state index in [0.29, 0.717) is 6.54 Å². The van der Waals surface area contributed by atoms with Crippen LogP contribution >= 0.6 is 0 Å². The lowest BCUT2D eigenvalue weighted by Crippen LogP contribution is -2.32. The number of hydrogen-bond donors (Lipinski definition) is 1. The van der Waals surface area contributed by atoms with E-state index in [1.807, 2.05) is 19.1 Å². The average Bonchev–Trinajstić information content (AvgIpc) is 2.96. The van der Waals surface area contributed by atoms with Gasteiger partial charge in [0, 0.05) is 25.0 Å². The van der Waals surface area contributed by atoms with E-state index in [9.17, 15) is 9.18 Å². The molecule has 0 saturated carbocycles. The molecule has 0 radical (unpaired) electrons. The third-order valence-corrected chi connectivity index (χ3v) is 4.09. The summed E-state index contributed by atoms with van der Waals surface area (Å²) >= 11 is 0. The van der Waals surface area contributed by atoms with Gasteiger partial charge >= 0.3 is 0 Å². The molecule has 1 aliphatic heterocycles. The maximum Gasteiger partial charge on any atom is 0.224 e. The second-order valence-corrected chi connectivity index (χ2v) is 5.75. The fourth-order valence-electron chi connectivity index (χ4n) is 2.96. The van der Waals surface area contributed by atoms with Crippen molar-refractivity contribution in [3.05, 3.63) is 41.8 Å². The van der Waals surface area contributed by atoms with E-state index in [0.717, 1.165) is 42.7 Å². The lowest BCUT2D eigenvalue weighted by Gasteiger charge is -2.15. The summed E-state index contributed by atoms with van der Waals surface area (Å²) in [6.07, 6.45) is 0.893. The summed E-state index contributed by atoms with van der Waals surface area (Å²) < 4.78 is 13.2. The molecule has 116 valence electrons. The monoisotopic (exact) mass is 301 g/mol. The molecule has 0 bridgehead atoms. The molecule has 1 atom stereocenters. The number of aromatic nitrogens is 1. The first kappa shape index (κ1) is 14.9. The molecule has 1 amide bonds. The predicted octanol–water partition coefficient (Wildman–Crippen LogP) is 2.33. The molecule has 1 saturated heterocycles. The van der Waals surface area contributed by atoms with Gasteiger partial charge in [-0.05, 0) is 44.2 Å². The Hall–Kier alpha value is -2.01. The number of amides is 1. The van der Waals surface area contributed by atoms with E-state index in [4.69, 9.17) is 0 Å². The van der Waals surface area contributed by atoms with Crippen molar-refractivity contribution in [2.45, 2.75) is 19.9 Å². The van der Waals surface area contributed by atoms with E-state index >= 15 is 0 Å². The highest BCUT2D eigenvalue weighted by atomic mass is 19.1. The molecular formula is C17H20FN3O. The van der Waals surface area contributed by atoms with Crippen LogP contribution in [0.15, 0.2) is 30.3 Å². The molecule has 2 aromatic rings. The molecule has 1 fully saturated rings. The first-order valence-electron chi connectivity index (χ1n) is 7.71. The fourth-order valence-corrected chi connectivity index (χ4v) is 2.96. The third-order valence-electron chi connectivity index (χ3n) is 4.09. The molecule has 1 aromatic heterocycles. The minimum absolute atomic E-state index is 0.0782. The lowest BCUT2D eigenvalue weighted by molar-refractivity contribution is -0.124. The van der Waals surface area contributed by atoms with Crippen LogP contribution in [0, 0.1) is 11.7 Å². The van der Waals surface area contributed by atoms with E-state index in [2.05, 4.69) is 15.2 Å². The number of nitrogens with one attached hydrogen (secondary N) is 1. The maximum atomic E-state index is 13.2. The number of hydrogen-bond acceptors (Lipinski definition) is 3. The minimum Gasteiger partial charge on any atom is -0.356 e. The van der Waals surface area contributed by atoms with Gasteiger partial charge in [-0.1, -0.05) is 6.07 Å². The molecule has 3 rings (SSSR count). The van der Waals surface area contributed by atoms with Gasteiger partial charge in [0.15, 0.2) is 0 Å². The van der Waals surface area contributed by atoms with E-state index < -0.39 is 0 Å². The van der Waals surface area contributed by atoms with Gasteiger partial charge in [-0.2, -0.15) is 0 Å². The molecule has 0 unspecified atom stereocenters. The summed E-state index contributed by atoms with van der Waals surface area (Å²) in [4.78, 5) is 18.7. The van der Waals surface area contributed by atoms with E-state index in [-0.39, 0.29) is 17.6 Å². The third kappa shape index (κ3) is 3.25. The first-order valence-corrected chi connectivity index (χ1v) is 7.71. The molecule has 22 heavy (non-hydrogen) atoms. The number of pyridine rings is 1. The summed E-state index contributed by atoms with van der Waals surface area (Å²) in [5.74, 6) is -0.0205. The van der Waals surface area contributed by atoms with E-state index in [1.54, 1.807) is 6.07 Å². The zero-order valence-electron chi connectivity index (χ0n) is 12.7. The first-order chi connectivity index (χ1) is 10.7. The van der Waals surface area contributed by atoms with Crippen molar-refractivity contribution >= 4 is 16.8 Å². The largest absolute Gasteiger partial charge is 0.356 e. The van der Waals surface area contributed by atoms with Gasteiger partial charge in [-0.3, -0.25) is 14.7 Å². The zero-order chi connectivity index (χ0) is 15.5. The molecule has 1 aromatic carbocycles. The van der Waals surface area contributed by atoms with Crippen LogP contribution in [0.25, 0.3) is 10.9 Å². The number of rotatable bonds is 4. The molecule has 4 nitrogen and oxygen atoms in total. The van der Waals surface area contributed by atoms with Crippen LogP contribution in [-0.4, -0.2) is 35.4 Å². The number of halogens is 1. The Kier molecular flexibility index (Phi) is 4.34. The van der Waals surface area contributed by atoms with Crippen molar-refractivity contribution in [1.82, 2.24) is 15.2 Å². The van der Waals surface area contributed by atoms with Crippen LogP contribution in [0.1, 0.15) is 19.0 Å². The normalized spacial score (nSPS) is 18.7.